The quantitative estimate of drug-likeness (QED) is 0.599. The van der Waals surface area contributed by atoms with Crippen LogP contribution >= 0.6 is 15.9 Å². The minimum atomic E-state index is 0.529. The van der Waals surface area contributed by atoms with E-state index in [0.29, 0.717) is 11.6 Å². The van der Waals surface area contributed by atoms with Gasteiger partial charge in [-0.2, -0.15) is 0 Å². The molecule has 0 spiro atoms. The van der Waals surface area contributed by atoms with E-state index in [4.69, 9.17) is 4.74 Å². The lowest BCUT2D eigenvalue weighted by molar-refractivity contribution is 0.427. The Morgan fingerprint density at radius 2 is 2.06 bits per heavy atom. The number of hydrogen-bond donors (Lipinski definition) is 0. The second kappa shape index (κ2) is 8.92. The maximum Gasteiger partial charge on any atom is 0.219 e. The zero-order valence-corrected chi connectivity index (χ0v) is 11.2. The fourth-order valence-electron chi connectivity index (χ4n) is 0.803. The summed E-state index contributed by atoms with van der Waals surface area (Å²) in [5.74, 6) is 1.15. The Labute approximate surface area is 105 Å². The first-order chi connectivity index (χ1) is 7.76. The summed E-state index contributed by atoms with van der Waals surface area (Å²) in [4.78, 5) is 4.06. The molecule has 2 nitrogen and oxygen atoms in total. The molecule has 3 heteroatoms. The molecule has 1 aromatic heterocycles. The van der Waals surface area contributed by atoms with Gasteiger partial charge in [-0.25, -0.2) is 4.98 Å². The topological polar surface area (TPSA) is 22.1 Å². The highest BCUT2D eigenvalue weighted by atomic mass is 79.9. The number of halogens is 1. The Morgan fingerprint density at radius 1 is 1.38 bits per heavy atom. The minimum Gasteiger partial charge on any atom is -0.439 e. The Balaban J connectivity index is 0.00000106. The van der Waals surface area contributed by atoms with Gasteiger partial charge in [0.25, 0.3) is 0 Å². The third kappa shape index (κ3) is 5.51. The monoisotopic (exact) mass is 281 g/mol. The number of rotatable bonds is 4. The second-order valence-electron chi connectivity index (χ2n) is 2.43. The van der Waals surface area contributed by atoms with E-state index < -0.39 is 0 Å². The molecule has 86 valence electrons. The molecule has 0 aliphatic heterocycles. The maximum atomic E-state index is 5.40. The zero-order chi connectivity index (χ0) is 12.4. The van der Waals surface area contributed by atoms with Crippen LogP contribution in [0.5, 0.6) is 5.88 Å². The highest BCUT2D eigenvalue weighted by Gasteiger charge is 1.96. The summed E-state index contributed by atoms with van der Waals surface area (Å²) < 4.78 is 6.31. The number of hydrogen-bond acceptors (Lipinski definition) is 2. The molecular weight excluding hydrogens is 266 g/mol. The van der Waals surface area contributed by atoms with E-state index in [-0.39, 0.29) is 0 Å². The highest BCUT2D eigenvalue weighted by Crippen LogP contribution is 2.14. The largest absolute Gasteiger partial charge is 0.439 e. The van der Waals surface area contributed by atoms with Crippen molar-refractivity contribution < 1.29 is 4.74 Å². The van der Waals surface area contributed by atoms with Gasteiger partial charge in [0.15, 0.2) is 0 Å². The molecule has 0 N–H and O–H groups in total. The van der Waals surface area contributed by atoms with E-state index in [2.05, 4.69) is 34.1 Å². The van der Waals surface area contributed by atoms with E-state index in [1.54, 1.807) is 30.5 Å². The molecule has 0 bridgehead atoms. The van der Waals surface area contributed by atoms with Gasteiger partial charge in [0, 0.05) is 16.7 Å². The molecule has 0 atom stereocenters. The normalized spacial score (nSPS) is 9.81. The molecule has 1 heterocycles. The van der Waals surface area contributed by atoms with Crippen LogP contribution in [0.2, 0.25) is 0 Å². The van der Waals surface area contributed by atoms with Gasteiger partial charge in [-0.15, -0.1) is 0 Å². The van der Waals surface area contributed by atoms with Crippen LogP contribution in [-0.4, -0.2) is 4.98 Å². The van der Waals surface area contributed by atoms with Crippen LogP contribution in [0.1, 0.15) is 13.8 Å². The third-order valence-electron chi connectivity index (χ3n) is 1.41. The summed E-state index contributed by atoms with van der Waals surface area (Å²) in [6, 6.07) is 3.63. The van der Waals surface area contributed by atoms with Gasteiger partial charge in [-0.3, -0.25) is 0 Å². The van der Waals surface area contributed by atoms with Crippen molar-refractivity contribution in [2.45, 2.75) is 13.8 Å². The van der Waals surface area contributed by atoms with Gasteiger partial charge in [0.1, 0.15) is 5.76 Å². The smallest absolute Gasteiger partial charge is 0.219 e. The van der Waals surface area contributed by atoms with Crippen molar-refractivity contribution >= 4 is 15.9 Å². The Bertz CT molecular complexity index is 355. The van der Waals surface area contributed by atoms with Crippen LogP contribution in [0.3, 0.4) is 0 Å². The minimum absolute atomic E-state index is 0.529. The van der Waals surface area contributed by atoms with Gasteiger partial charge < -0.3 is 4.74 Å². The Hall–Kier alpha value is -1.35. The van der Waals surface area contributed by atoms with E-state index >= 15 is 0 Å². The predicted molar refractivity (Wildman–Crippen MR) is 72.4 cm³/mol. The summed E-state index contributed by atoms with van der Waals surface area (Å²) >= 11 is 3.29. The maximum absolute atomic E-state index is 5.40. The van der Waals surface area contributed by atoms with Crippen molar-refractivity contribution in [1.82, 2.24) is 4.98 Å². The van der Waals surface area contributed by atoms with Gasteiger partial charge in [0.2, 0.25) is 5.88 Å². The number of allylic oxidation sites excluding steroid dienone is 3. The van der Waals surface area contributed by atoms with Crippen LogP contribution in [0.25, 0.3) is 0 Å². The van der Waals surface area contributed by atoms with Gasteiger partial charge in [-0.1, -0.05) is 33.1 Å². The van der Waals surface area contributed by atoms with Crippen LogP contribution in [0.15, 0.2) is 59.9 Å². The number of nitrogens with zero attached hydrogens (tertiary/aromatic N) is 1. The van der Waals surface area contributed by atoms with Gasteiger partial charge in [0.05, 0.1) is 0 Å². The zero-order valence-electron chi connectivity index (χ0n) is 9.61. The molecule has 0 fully saturated rings. The molecule has 0 amide bonds. The summed E-state index contributed by atoms with van der Waals surface area (Å²) in [7, 11) is 0. The van der Waals surface area contributed by atoms with E-state index in [9.17, 15) is 0 Å². The molecule has 0 aliphatic carbocycles. The third-order valence-corrected chi connectivity index (χ3v) is 1.88. The summed E-state index contributed by atoms with van der Waals surface area (Å²) in [5.41, 5.74) is 0. The Kier molecular flexibility index (Phi) is 8.17. The van der Waals surface area contributed by atoms with Crippen molar-refractivity contribution in [3.05, 3.63) is 59.9 Å². The Morgan fingerprint density at radius 3 is 2.50 bits per heavy atom. The molecule has 0 unspecified atom stereocenters. The fourth-order valence-corrected chi connectivity index (χ4v) is 1.04. The predicted octanol–water partition coefficient (Wildman–Crippen LogP) is 4.51. The second-order valence-corrected chi connectivity index (χ2v) is 3.34. The molecule has 0 radical (unpaired) electrons. The molecule has 0 saturated heterocycles. The van der Waals surface area contributed by atoms with Crippen molar-refractivity contribution in [2.24, 2.45) is 0 Å². The lowest BCUT2D eigenvalue weighted by atomic mass is 10.4. The molecule has 1 aromatic rings. The average Bonchev–Trinajstić information content (AvgIpc) is 2.34. The lowest BCUT2D eigenvalue weighted by Gasteiger charge is -2.03. The molecule has 0 aliphatic rings. The lowest BCUT2D eigenvalue weighted by Crippen LogP contribution is -1.93. The van der Waals surface area contributed by atoms with E-state index in [0.717, 1.165) is 4.47 Å². The van der Waals surface area contributed by atoms with Gasteiger partial charge >= 0.3 is 0 Å². The SMILES string of the molecule is C=C/C=C(\C=C)Oc1ccc(Br)cn1.CC. The summed E-state index contributed by atoms with van der Waals surface area (Å²) in [6.45, 7) is 11.2. The van der Waals surface area contributed by atoms with Crippen LogP contribution in [-0.2, 0) is 0 Å². The van der Waals surface area contributed by atoms with Crippen LogP contribution < -0.4 is 4.74 Å². The molecule has 0 saturated carbocycles. The number of ether oxygens (including phenoxy) is 1. The molecular formula is C13H16BrNO. The van der Waals surface area contributed by atoms with Crippen LogP contribution in [0, 0.1) is 0 Å². The molecule has 16 heavy (non-hydrogen) atoms. The first-order valence-electron chi connectivity index (χ1n) is 5.01. The molecule has 0 aromatic carbocycles. The summed E-state index contributed by atoms with van der Waals surface area (Å²) in [6.07, 6.45) is 6.63. The number of aromatic nitrogens is 1. The average molecular weight is 282 g/mol. The highest BCUT2D eigenvalue weighted by molar-refractivity contribution is 9.10. The fraction of sp³-hybridized carbons (Fsp3) is 0.154. The standard InChI is InChI=1S/C11H10BrNO.C2H6/c1-3-5-10(4-2)14-11-7-6-9(12)8-13-11;1-2/h3-8H,1-2H2;1-2H3/b10-5+;. The van der Waals surface area contributed by atoms with Crippen LogP contribution in [0.4, 0.5) is 0 Å². The first kappa shape index (κ1) is 14.6. The van der Waals surface area contributed by atoms with Crippen molar-refractivity contribution in [3.8, 4) is 5.88 Å². The first-order valence-corrected chi connectivity index (χ1v) is 5.80. The van der Waals surface area contributed by atoms with Crippen molar-refractivity contribution in [1.29, 1.82) is 0 Å². The summed E-state index contributed by atoms with van der Waals surface area (Å²) in [5, 5.41) is 0. The van der Waals surface area contributed by atoms with E-state index in [1.807, 2.05) is 19.9 Å². The number of pyridine rings is 1. The van der Waals surface area contributed by atoms with Gasteiger partial charge in [-0.05, 0) is 34.1 Å². The van der Waals surface area contributed by atoms with Crippen molar-refractivity contribution in [2.75, 3.05) is 0 Å². The van der Waals surface area contributed by atoms with Crippen molar-refractivity contribution in [3.63, 3.8) is 0 Å². The van der Waals surface area contributed by atoms with E-state index in [1.165, 1.54) is 0 Å². The molecule has 1 rings (SSSR count).